The Morgan fingerprint density at radius 2 is 1.41 bits per heavy atom. The van der Waals surface area contributed by atoms with E-state index < -0.39 is 0 Å². The third-order valence-corrected chi connectivity index (χ3v) is 7.34. The number of fused-ring (bicyclic) bond motifs is 6. The summed E-state index contributed by atoms with van der Waals surface area (Å²) in [4.78, 5) is 9.51. The Morgan fingerprint density at radius 1 is 0.625 bits per heavy atom. The van der Waals surface area contributed by atoms with Crippen LogP contribution in [-0.2, 0) is 0 Å². The van der Waals surface area contributed by atoms with Gasteiger partial charge in [-0.15, -0.1) is 11.3 Å². The zero-order valence-electron chi connectivity index (χ0n) is 17.1. The summed E-state index contributed by atoms with van der Waals surface area (Å²) < 4.78 is 4.83. The Hall–Kier alpha value is -4.02. The molecule has 32 heavy (non-hydrogen) atoms. The van der Waals surface area contributed by atoms with Crippen LogP contribution in [0.25, 0.3) is 59.1 Å². The molecule has 0 amide bonds. The zero-order chi connectivity index (χ0) is 21.1. The van der Waals surface area contributed by atoms with Gasteiger partial charge in [-0.3, -0.25) is 9.55 Å². The molecule has 0 saturated carbocycles. The van der Waals surface area contributed by atoms with Crippen LogP contribution in [0.15, 0.2) is 103 Å². The third-order valence-electron chi connectivity index (χ3n) is 6.12. The molecule has 0 radical (unpaired) electrons. The fourth-order valence-corrected chi connectivity index (χ4v) is 5.93. The van der Waals surface area contributed by atoms with E-state index in [1.807, 2.05) is 23.7 Å². The van der Waals surface area contributed by atoms with E-state index in [9.17, 15) is 0 Å². The molecule has 0 fully saturated rings. The van der Waals surface area contributed by atoms with Crippen molar-refractivity contribution in [2.24, 2.45) is 0 Å². The predicted molar refractivity (Wildman–Crippen MR) is 135 cm³/mol. The molecule has 7 aromatic rings. The number of hydrogen-bond donors (Lipinski definition) is 0. The van der Waals surface area contributed by atoms with Crippen LogP contribution in [0, 0.1) is 0 Å². The molecule has 0 aliphatic heterocycles. The first-order chi connectivity index (χ1) is 15.9. The van der Waals surface area contributed by atoms with E-state index in [0.29, 0.717) is 0 Å². The first-order valence-corrected chi connectivity index (χ1v) is 11.4. The standard InChI is InChI=1S/C28H17N3S/c1-3-12-24-18(7-1)22-17-29-16-15-25(22)31(24)27-14-6-11-23(30-27)21-10-5-9-20-19-8-2-4-13-26(19)32-28(20)21/h1-17H. The summed E-state index contributed by atoms with van der Waals surface area (Å²) >= 11 is 1.84. The normalized spacial score (nSPS) is 11.8. The topological polar surface area (TPSA) is 30.7 Å². The van der Waals surface area contributed by atoms with Gasteiger partial charge in [0.2, 0.25) is 0 Å². The molecule has 0 bridgehead atoms. The molecule has 7 rings (SSSR count). The molecule has 0 saturated heterocycles. The Bertz CT molecular complexity index is 1740. The number of aromatic nitrogens is 3. The van der Waals surface area contributed by atoms with Gasteiger partial charge in [-0.2, -0.15) is 0 Å². The Morgan fingerprint density at radius 3 is 2.38 bits per heavy atom. The molecule has 3 nitrogen and oxygen atoms in total. The second-order valence-corrected chi connectivity index (χ2v) is 8.96. The van der Waals surface area contributed by atoms with Gasteiger partial charge in [-0.25, -0.2) is 4.98 Å². The van der Waals surface area contributed by atoms with Crippen LogP contribution in [0.2, 0.25) is 0 Å². The average molecular weight is 428 g/mol. The van der Waals surface area contributed by atoms with Crippen LogP contribution in [-0.4, -0.2) is 14.5 Å². The van der Waals surface area contributed by atoms with E-state index in [1.165, 1.54) is 31.1 Å². The van der Waals surface area contributed by atoms with Crippen molar-refractivity contribution in [3.05, 3.63) is 103 Å². The minimum atomic E-state index is 0.915. The van der Waals surface area contributed by atoms with Gasteiger partial charge in [0, 0.05) is 48.9 Å². The van der Waals surface area contributed by atoms with Crippen LogP contribution in [0.4, 0.5) is 0 Å². The van der Waals surface area contributed by atoms with Crippen molar-refractivity contribution >= 4 is 53.3 Å². The maximum atomic E-state index is 5.16. The summed E-state index contributed by atoms with van der Waals surface area (Å²) in [5, 5.41) is 4.93. The highest BCUT2D eigenvalue weighted by molar-refractivity contribution is 7.26. The van der Waals surface area contributed by atoms with Crippen molar-refractivity contribution in [3.63, 3.8) is 0 Å². The van der Waals surface area contributed by atoms with Crippen LogP contribution >= 0.6 is 11.3 Å². The van der Waals surface area contributed by atoms with Gasteiger partial charge in [0.05, 0.1) is 16.7 Å². The molecule has 0 unspecified atom stereocenters. The van der Waals surface area contributed by atoms with Gasteiger partial charge in [0.25, 0.3) is 0 Å². The summed E-state index contributed by atoms with van der Waals surface area (Å²) in [6, 6.07) is 31.9. The quantitative estimate of drug-likeness (QED) is 0.284. The van der Waals surface area contributed by atoms with Gasteiger partial charge in [0.1, 0.15) is 5.82 Å². The van der Waals surface area contributed by atoms with E-state index >= 15 is 0 Å². The second-order valence-electron chi connectivity index (χ2n) is 7.91. The lowest BCUT2D eigenvalue weighted by molar-refractivity contribution is 1.08. The number of para-hydroxylation sites is 1. The van der Waals surface area contributed by atoms with Crippen molar-refractivity contribution in [1.29, 1.82) is 0 Å². The molecule has 4 heteroatoms. The minimum absolute atomic E-state index is 0.915. The van der Waals surface area contributed by atoms with Crippen LogP contribution < -0.4 is 0 Å². The molecular formula is C28H17N3S. The van der Waals surface area contributed by atoms with Crippen molar-refractivity contribution < 1.29 is 0 Å². The molecular weight excluding hydrogens is 410 g/mol. The summed E-state index contributed by atoms with van der Waals surface area (Å²) in [5.74, 6) is 0.915. The molecule has 0 atom stereocenters. The molecule has 4 aromatic heterocycles. The van der Waals surface area contributed by atoms with Gasteiger partial charge in [-0.05, 0) is 30.3 Å². The van der Waals surface area contributed by atoms with Gasteiger partial charge in [-0.1, -0.05) is 60.7 Å². The number of nitrogens with zero attached hydrogens (tertiary/aromatic N) is 3. The first kappa shape index (κ1) is 17.6. The van der Waals surface area contributed by atoms with Crippen molar-refractivity contribution in [1.82, 2.24) is 14.5 Å². The highest BCUT2D eigenvalue weighted by Crippen LogP contribution is 2.39. The van der Waals surface area contributed by atoms with Gasteiger partial charge in [0.15, 0.2) is 0 Å². The molecule has 0 N–H and O–H groups in total. The highest BCUT2D eigenvalue weighted by atomic mass is 32.1. The molecule has 3 aromatic carbocycles. The van der Waals surface area contributed by atoms with Crippen LogP contribution in [0.5, 0.6) is 0 Å². The summed E-state index contributed by atoms with van der Waals surface area (Å²) in [6.45, 7) is 0. The van der Waals surface area contributed by atoms with Crippen molar-refractivity contribution in [3.8, 4) is 17.1 Å². The zero-order valence-corrected chi connectivity index (χ0v) is 17.9. The van der Waals surface area contributed by atoms with Crippen LogP contribution in [0.1, 0.15) is 0 Å². The second kappa shape index (κ2) is 6.74. The fraction of sp³-hybridized carbons (Fsp3) is 0. The molecule has 0 aliphatic carbocycles. The Balaban J connectivity index is 1.50. The van der Waals surface area contributed by atoms with E-state index in [4.69, 9.17) is 4.98 Å². The van der Waals surface area contributed by atoms with E-state index in [-0.39, 0.29) is 0 Å². The maximum Gasteiger partial charge on any atom is 0.138 e. The Kier molecular flexibility index (Phi) is 3.72. The third kappa shape index (κ3) is 2.47. The molecule has 0 aliphatic rings. The lowest BCUT2D eigenvalue weighted by atomic mass is 10.1. The largest absolute Gasteiger partial charge is 0.294 e. The first-order valence-electron chi connectivity index (χ1n) is 10.6. The van der Waals surface area contributed by atoms with E-state index in [1.54, 1.807) is 0 Å². The fourth-order valence-electron chi connectivity index (χ4n) is 4.71. The molecule has 0 spiro atoms. The molecule has 4 heterocycles. The van der Waals surface area contributed by atoms with Crippen molar-refractivity contribution in [2.45, 2.75) is 0 Å². The minimum Gasteiger partial charge on any atom is -0.294 e. The number of pyridine rings is 2. The van der Waals surface area contributed by atoms with Crippen molar-refractivity contribution in [2.75, 3.05) is 0 Å². The van der Waals surface area contributed by atoms with E-state index in [2.05, 4.69) is 101 Å². The summed E-state index contributed by atoms with van der Waals surface area (Å²) in [6.07, 6.45) is 3.79. The predicted octanol–water partition coefficient (Wildman–Crippen LogP) is 7.61. The summed E-state index contributed by atoms with van der Waals surface area (Å²) in [7, 11) is 0. The highest BCUT2D eigenvalue weighted by Gasteiger charge is 2.15. The van der Waals surface area contributed by atoms with Crippen LogP contribution in [0.3, 0.4) is 0 Å². The number of benzene rings is 3. The lowest BCUT2D eigenvalue weighted by Crippen LogP contribution is -1.98. The molecule has 150 valence electrons. The summed E-state index contributed by atoms with van der Waals surface area (Å²) in [5.41, 5.74) is 4.42. The van der Waals surface area contributed by atoms with E-state index in [0.717, 1.165) is 27.9 Å². The van der Waals surface area contributed by atoms with Gasteiger partial charge >= 0.3 is 0 Å². The smallest absolute Gasteiger partial charge is 0.138 e. The van der Waals surface area contributed by atoms with Gasteiger partial charge < -0.3 is 0 Å². The Labute approximate surface area is 188 Å². The number of rotatable bonds is 2. The average Bonchev–Trinajstić information content (AvgIpc) is 3.40. The maximum absolute atomic E-state index is 5.16. The number of hydrogen-bond acceptors (Lipinski definition) is 3. The lowest BCUT2D eigenvalue weighted by Gasteiger charge is -2.09. The monoisotopic (exact) mass is 427 g/mol. The SMILES string of the molecule is c1cc(-c2cccc3c2sc2ccccc23)nc(-n2c3ccccc3c3cnccc32)c1. The number of thiophene rings is 1.